The van der Waals surface area contributed by atoms with Crippen LogP contribution in [0.15, 0.2) is 0 Å². The molecule has 1 aliphatic heterocycles. The van der Waals surface area contributed by atoms with Gasteiger partial charge in [0, 0.05) is 51.1 Å². The van der Waals surface area contributed by atoms with Crippen molar-refractivity contribution >= 4 is 11.8 Å². The molecule has 0 aromatic rings. The summed E-state index contributed by atoms with van der Waals surface area (Å²) in [5.41, 5.74) is 0. The minimum absolute atomic E-state index is 0.119. The van der Waals surface area contributed by atoms with Gasteiger partial charge in [0.1, 0.15) is 0 Å². The summed E-state index contributed by atoms with van der Waals surface area (Å²) in [6.45, 7) is 8.00. The lowest BCUT2D eigenvalue weighted by Gasteiger charge is -2.26. The van der Waals surface area contributed by atoms with E-state index in [2.05, 4.69) is 24.1 Å². The Bertz CT molecular complexity index is 441. The third-order valence-electron chi connectivity index (χ3n) is 6.06. The van der Waals surface area contributed by atoms with E-state index in [4.69, 9.17) is 0 Å². The number of likely N-dealkylation sites (tertiary alicyclic amines) is 1. The summed E-state index contributed by atoms with van der Waals surface area (Å²) >= 11 is 0. The fraction of sp³-hybridized carbons (Fsp3) is 0.909. The molecule has 1 saturated carbocycles. The van der Waals surface area contributed by atoms with Gasteiger partial charge in [-0.2, -0.15) is 0 Å². The van der Waals surface area contributed by atoms with E-state index in [1.165, 1.54) is 38.5 Å². The summed E-state index contributed by atoms with van der Waals surface area (Å²) in [5, 5.41) is 3.21. The Labute approximate surface area is 166 Å². The molecule has 1 aliphatic carbocycles. The minimum atomic E-state index is 0.119. The topological polar surface area (TPSA) is 52.7 Å². The van der Waals surface area contributed by atoms with Crippen molar-refractivity contribution in [1.82, 2.24) is 15.1 Å². The molecule has 1 heterocycles. The summed E-state index contributed by atoms with van der Waals surface area (Å²) in [4.78, 5) is 29.1. The average Bonchev–Trinajstić information content (AvgIpc) is 2.93. The molecule has 1 saturated heterocycles. The smallest absolute Gasteiger partial charge is 0.222 e. The van der Waals surface area contributed by atoms with Crippen molar-refractivity contribution in [1.29, 1.82) is 0 Å². The normalized spacial score (nSPS) is 21.8. The maximum atomic E-state index is 12.3. The molecule has 1 atom stereocenters. The van der Waals surface area contributed by atoms with Crippen LogP contribution in [-0.4, -0.2) is 59.9 Å². The zero-order valence-electron chi connectivity index (χ0n) is 17.7. The van der Waals surface area contributed by atoms with E-state index in [0.29, 0.717) is 25.3 Å². The fourth-order valence-electron chi connectivity index (χ4n) is 4.62. The predicted molar refractivity (Wildman–Crippen MR) is 111 cm³/mol. The molecule has 0 bridgehead atoms. The quantitative estimate of drug-likeness (QED) is 0.589. The molecule has 27 heavy (non-hydrogen) atoms. The summed E-state index contributed by atoms with van der Waals surface area (Å²) in [6.07, 6.45) is 12.8. The Hall–Kier alpha value is -1.10. The largest absolute Gasteiger partial charge is 0.352 e. The summed E-state index contributed by atoms with van der Waals surface area (Å²) in [7, 11) is 0. The molecule has 1 N–H and O–H groups in total. The Balaban J connectivity index is 1.63. The van der Waals surface area contributed by atoms with Crippen molar-refractivity contribution in [2.75, 3.05) is 26.2 Å². The molecule has 156 valence electrons. The second kappa shape index (κ2) is 12.4. The van der Waals surface area contributed by atoms with Crippen molar-refractivity contribution in [3.8, 4) is 0 Å². The first kappa shape index (κ1) is 22.2. The molecule has 5 heteroatoms. The maximum absolute atomic E-state index is 12.3. The van der Waals surface area contributed by atoms with Gasteiger partial charge >= 0.3 is 0 Å². The summed E-state index contributed by atoms with van der Waals surface area (Å²) < 4.78 is 0. The van der Waals surface area contributed by atoms with Gasteiger partial charge in [-0.3, -0.25) is 14.5 Å². The van der Waals surface area contributed by atoms with E-state index in [1.807, 2.05) is 4.90 Å². The van der Waals surface area contributed by atoms with Gasteiger partial charge in [0.2, 0.25) is 11.8 Å². The van der Waals surface area contributed by atoms with E-state index in [-0.39, 0.29) is 11.8 Å². The first-order chi connectivity index (χ1) is 13.1. The molecule has 0 aromatic heterocycles. The standard InChI is InChI=1S/C22H41N3O2/c1-3-15-24(16-4-2)22(27)13-9-12-21(26)23-19-14-17-25(18-19)20-10-7-5-6-8-11-20/h19-20H,3-18H2,1-2H3,(H,23,26). The maximum Gasteiger partial charge on any atom is 0.222 e. The van der Waals surface area contributed by atoms with Crippen LogP contribution in [0.5, 0.6) is 0 Å². The number of nitrogens with zero attached hydrogens (tertiary/aromatic N) is 2. The van der Waals surface area contributed by atoms with Gasteiger partial charge in [-0.1, -0.05) is 39.5 Å². The van der Waals surface area contributed by atoms with Gasteiger partial charge in [0.05, 0.1) is 0 Å². The highest BCUT2D eigenvalue weighted by molar-refractivity contribution is 5.79. The summed E-state index contributed by atoms with van der Waals surface area (Å²) in [6, 6.07) is 1.03. The number of amides is 2. The summed E-state index contributed by atoms with van der Waals surface area (Å²) in [5.74, 6) is 0.319. The number of carbonyl (C=O) groups excluding carboxylic acids is 2. The van der Waals surface area contributed by atoms with Crippen LogP contribution < -0.4 is 5.32 Å². The molecular weight excluding hydrogens is 338 g/mol. The minimum Gasteiger partial charge on any atom is -0.352 e. The Morgan fingerprint density at radius 2 is 1.63 bits per heavy atom. The molecule has 2 rings (SSSR count). The number of hydrogen-bond acceptors (Lipinski definition) is 3. The van der Waals surface area contributed by atoms with Crippen LogP contribution in [0, 0.1) is 0 Å². The van der Waals surface area contributed by atoms with Crippen LogP contribution in [0.3, 0.4) is 0 Å². The Morgan fingerprint density at radius 3 is 2.26 bits per heavy atom. The number of carbonyl (C=O) groups is 2. The lowest BCUT2D eigenvalue weighted by molar-refractivity contribution is -0.131. The average molecular weight is 380 g/mol. The SMILES string of the molecule is CCCN(CCC)C(=O)CCCC(=O)NC1CCN(C2CCCCCC2)C1. The van der Waals surface area contributed by atoms with Gasteiger partial charge in [-0.25, -0.2) is 0 Å². The van der Waals surface area contributed by atoms with E-state index in [0.717, 1.165) is 51.5 Å². The molecule has 2 fully saturated rings. The van der Waals surface area contributed by atoms with E-state index >= 15 is 0 Å². The highest BCUT2D eigenvalue weighted by Gasteiger charge is 2.29. The first-order valence-corrected chi connectivity index (χ1v) is 11.4. The number of nitrogens with one attached hydrogen (secondary N) is 1. The van der Waals surface area contributed by atoms with E-state index in [9.17, 15) is 9.59 Å². The van der Waals surface area contributed by atoms with Crippen molar-refractivity contribution in [2.24, 2.45) is 0 Å². The molecule has 1 unspecified atom stereocenters. The zero-order chi connectivity index (χ0) is 19.5. The van der Waals surface area contributed by atoms with Gasteiger partial charge in [-0.15, -0.1) is 0 Å². The van der Waals surface area contributed by atoms with Crippen molar-refractivity contribution in [2.45, 2.75) is 103 Å². The lowest BCUT2D eigenvalue weighted by atomic mass is 10.1. The molecule has 2 amide bonds. The van der Waals surface area contributed by atoms with Gasteiger partial charge in [0.25, 0.3) is 0 Å². The monoisotopic (exact) mass is 379 g/mol. The van der Waals surface area contributed by atoms with Crippen molar-refractivity contribution in [3.63, 3.8) is 0 Å². The van der Waals surface area contributed by atoms with Crippen LogP contribution in [0.1, 0.15) is 90.9 Å². The van der Waals surface area contributed by atoms with Gasteiger partial charge in [-0.05, 0) is 38.5 Å². The zero-order valence-corrected chi connectivity index (χ0v) is 17.7. The Morgan fingerprint density at radius 1 is 0.963 bits per heavy atom. The van der Waals surface area contributed by atoms with Crippen molar-refractivity contribution in [3.05, 3.63) is 0 Å². The third-order valence-corrected chi connectivity index (χ3v) is 6.06. The van der Waals surface area contributed by atoms with E-state index < -0.39 is 0 Å². The highest BCUT2D eigenvalue weighted by atomic mass is 16.2. The van der Waals surface area contributed by atoms with Crippen LogP contribution in [0.2, 0.25) is 0 Å². The molecule has 5 nitrogen and oxygen atoms in total. The van der Waals surface area contributed by atoms with Crippen LogP contribution in [0.25, 0.3) is 0 Å². The van der Waals surface area contributed by atoms with Gasteiger partial charge < -0.3 is 10.2 Å². The van der Waals surface area contributed by atoms with Crippen LogP contribution >= 0.6 is 0 Å². The second-order valence-electron chi connectivity index (χ2n) is 8.43. The van der Waals surface area contributed by atoms with Crippen molar-refractivity contribution < 1.29 is 9.59 Å². The molecule has 0 aromatic carbocycles. The fourth-order valence-corrected chi connectivity index (χ4v) is 4.62. The molecule has 0 spiro atoms. The van der Waals surface area contributed by atoms with E-state index in [1.54, 1.807) is 0 Å². The second-order valence-corrected chi connectivity index (χ2v) is 8.43. The van der Waals surface area contributed by atoms with Crippen LogP contribution in [-0.2, 0) is 9.59 Å². The Kier molecular flexibility index (Phi) is 10.2. The van der Waals surface area contributed by atoms with Crippen LogP contribution in [0.4, 0.5) is 0 Å². The third kappa shape index (κ3) is 7.81. The van der Waals surface area contributed by atoms with Gasteiger partial charge in [0.15, 0.2) is 0 Å². The molecule has 0 radical (unpaired) electrons. The molecular formula is C22H41N3O2. The first-order valence-electron chi connectivity index (χ1n) is 11.4. The highest BCUT2D eigenvalue weighted by Crippen LogP contribution is 2.25. The number of hydrogen-bond donors (Lipinski definition) is 1. The number of rotatable bonds is 10. The predicted octanol–water partition coefficient (Wildman–Crippen LogP) is 3.72. The lowest BCUT2D eigenvalue weighted by Crippen LogP contribution is -2.39. The molecule has 2 aliphatic rings.